The fraction of sp³-hybridized carbons (Fsp3) is 0.500. The van der Waals surface area contributed by atoms with E-state index in [0.29, 0.717) is 18.0 Å². The lowest BCUT2D eigenvalue weighted by Crippen LogP contribution is -2.28. The standard InChI is InChI=1S/C14H17NO4/c16-13-8-19-11-5-4-9(7-10(11)15-13)14(17)12-3-1-2-6-18-12/h4-5,7,12,14,17H,1-3,6,8H2,(H,15,16). The lowest BCUT2D eigenvalue weighted by atomic mass is 9.97. The minimum absolute atomic E-state index is 0.0423. The lowest BCUT2D eigenvalue weighted by molar-refractivity contribution is -0.118. The molecule has 0 saturated carbocycles. The molecule has 1 aromatic rings. The van der Waals surface area contributed by atoms with Crippen LogP contribution >= 0.6 is 0 Å². The van der Waals surface area contributed by atoms with Crippen molar-refractivity contribution in [3.8, 4) is 5.75 Å². The van der Waals surface area contributed by atoms with E-state index in [1.165, 1.54) is 0 Å². The number of nitrogens with one attached hydrogen (secondary N) is 1. The van der Waals surface area contributed by atoms with Gasteiger partial charge in [-0.3, -0.25) is 4.79 Å². The zero-order chi connectivity index (χ0) is 13.2. The van der Waals surface area contributed by atoms with E-state index >= 15 is 0 Å². The number of hydrogen-bond acceptors (Lipinski definition) is 4. The first kappa shape index (κ1) is 12.4. The first-order chi connectivity index (χ1) is 9.24. The first-order valence-electron chi connectivity index (χ1n) is 6.60. The number of carbonyl (C=O) groups excluding carboxylic acids is 1. The number of amides is 1. The Morgan fingerprint density at radius 1 is 1.37 bits per heavy atom. The Kier molecular flexibility index (Phi) is 3.40. The second-order valence-electron chi connectivity index (χ2n) is 4.94. The van der Waals surface area contributed by atoms with E-state index in [9.17, 15) is 9.90 Å². The third kappa shape index (κ3) is 2.57. The summed E-state index contributed by atoms with van der Waals surface area (Å²) in [6, 6.07) is 5.35. The molecule has 2 unspecified atom stereocenters. The number of fused-ring (bicyclic) bond motifs is 1. The normalized spacial score (nSPS) is 24.1. The Labute approximate surface area is 111 Å². The number of aliphatic hydroxyl groups is 1. The second-order valence-corrected chi connectivity index (χ2v) is 4.94. The summed E-state index contributed by atoms with van der Waals surface area (Å²) in [7, 11) is 0. The zero-order valence-corrected chi connectivity index (χ0v) is 10.6. The van der Waals surface area contributed by atoms with Gasteiger partial charge in [-0.1, -0.05) is 6.07 Å². The maximum Gasteiger partial charge on any atom is 0.262 e. The van der Waals surface area contributed by atoms with Crippen LogP contribution in [0.1, 0.15) is 30.9 Å². The predicted octanol–water partition coefficient (Wildman–Crippen LogP) is 1.62. The molecule has 2 aliphatic rings. The summed E-state index contributed by atoms with van der Waals surface area (Å²) in [5.74, 6) is 0.466. The van der Waals surface area contributed by atoms with Crippen LogP contribution in [0, 0.1) is 0 Å². The van der Waals surface area contributed by atoms with E-state index in [0.717, 1.165) is 24.8 Å². The van der Waals surface area contributed by atoms with Crippen LogP contribution in [0.2, 0.25) is 0 Å². The van der Waals surface area contributed by atoms with E-state index in [-0.39, 0.29) is 18.6 Å². The summed E-state index contributed by atoms with van der Waals surface area (Å²) in [4.78, 5) is 11.3. The van der Waals surface area contributed by atoms with Gasteiger partial charge in [0.05, 0.1) is 11.8 Å². The molecule has 1 amide bonds. The molecule has 3 rings (SSSR count). The van der Waals surface area contributed by atoms with Crippen molar-refractivity contribution in [1.82, 2.24) is 0 Å². The first-order valence-corrected chi connectivity index (χ1v) is 6.60. The van der Waals surface area contributed by atoms with Gasteiger partial charge in [-0.2, -0.15) is 0 Å². The largest absolute Gasteiger partial charge is 0.482 e. The van der Waals surface area contributed by atoms with Crippen molar-refractivity contribution >= 4 is 11.6 Å². The third-order valence-electron chi connectivity index (χ3n) is 3.55. The maximum atomic E-state index is 11.3. The van der Waals surface area contributed by atoms with Crippen molar-refractivity contribution < 1.29 is 19.4 Å². The lowest BCUT2D eigenvalue weighted by Gasteiger charge is -2.28. The molecule has 5 nitrogen and oxygen atoms in total. The van der Waals surface area contributed by atoms with Gasteiger partial charge >= 0.3 is 0 Å². The summed E-state index contributed by atoms with van der Waals surface area (Å²) in [5, 5.41) is 13.1. The molecule has 0 radical (unpaired) electrons. The summed E-state index contributed by atoms with van der Waals surface area (Å²) in [6.45, 7) is 0.743. The molecule has 19 heavy (non-hydrogen) atoms. The van der Waals surface area contributed by atoms with Crippen LogP contribution in [0.15, 0.2) is 18.2 Å². The van der Waals surface area contributed by atoms with Gasteiger partial charge in [0.1, 0.15) is 11.9 Å². The molecule has 102 valence electrons. The molecular weight excluding hydrogens is 246 g/mol. The molecule has 2 heterocycles. The smallest absolute Gasteiger partial charge is 0.262 e. The Morgan fingerprint density at radius 2 is 2.26 bits per heavy atom. The number of benzene rings is 1. The number of aliphatic hydroxyl groups excluding tert-OH is 1. The van der Waals surface area contributed by atoms with Gasteiger partial charge in [-0.25, -0.2) is 0 Å². The highest BCUT2D eigenvalue weighted by Crippen LogP contribution is 2.33. The van der Waals surface area contributed by atoms with Gasteiger partial charge in [0, 0.05) is 6.61 Å². The van der Waals surface area contributed by atoms with E-state index in [1.54, 1.807) is 12.1 Å². The zero-order valence-electron chi connectivity index (χ0n) is 10.6. The molecule has 2 atom stereocenters. The highest BCUT2D eigenvalue weighted by Gasteiger charge is 2.25. The summed E-state index contributed by atoms with van der Waals surface area (Å²) in [6.07, 6.45) is 2.17. The second kappa shape index (κ2) is 5.19. The summed E-state index contributed by atoms with van der Waals surface area (Å²) in [5.41, 5.74) is 1.36. The van der Waals surface area contributed by atoms with Gasteiger partial charge in [0.15, 0.2) is 6.61 Å². The molecule has 0 spiro atoms. The van der Waals surface area contributed by atoms with Crippen LogP contribution < -0.4 is 10.1 Å². The highest BCUT2D eigenvalue weighted by molar-refractivity contribution is 5.95. The molecule has 0 bridgehead atoms. The van der Waals surface area contributed by atoms with Crippen molar-refractivity contribution in [1.29, 1.82) is 0 Å². The van der Waals surface area contributed by atoms with Gasteiger partial charge in [-0.05, 0) is 37.0 Å². The molecule has 0 aliphatic carbocycles. The van der Waals surface area contributed by atoms with Crippen molar-refractivity contribution in [3.63, 3.8) is 0 Å². The fourth-order valence-electron chi connectivity index (χ4n) is 2.51. The minimum atomic E-state index is -0.663. The van der Waals surface area contributed by atoms with Crippen LogP contribution in [0.3, 0.4) is 0 Å². The van der Waals surface area contributed by atoms with Gasteiger partial charge < -0.3 is 19.9 Å². The Bertz CT molecular complexity index is 482. The molecule has 1 fully saturated rings. The van der Waals surface area contributed by atoms with Crippen LogP contribution in [0.25, 0.3) is 0 Å². The predicted molar refractivity (Wildman–Crippen MR) is 69.1 cm³/mol. The molecule has 2 N–H and O–H groups in total. The Hall–Kier alpha value is -1.59. The summed E-state index contributed by atoms with van der Waals surface area (Å²) < 4.78 is 10.9. The number of carbonyl (C=O) groups is 1. The maximum absolute atomic E-state index is 11.3. The molecule has 5 heteroatoms. The van der Waals surface area contributed by atoms with Gasteiger partial charge in [-0.15, -0.1) is 0 Å². The van der Waals surface area contributed by atoms with Crippen molar-refractivity contribution in [2.45, 2.75) is 31.5 Å². The van der Waals surface area contributed by atoms with Crippen molar-refractivity contribution in [2.75, 3.05) is 18.5 Å². The quantitative estimate of drug-likeness (QED) is 0.850. The topological polar surface area (TPSA) is 67.8 Å². The van der Waals surface area contributed by atoms with E-state index in [4.69, 9.17) is 9.47 Å². The average Bonchev–Trinajstić information content (AvgIpc) is 2.46. The molecule has 2 aliphatic heterocycles. The number of ether oxygens (including phenoxy) is 2. The minimum Gasteiger partial charge on any atom is -0.482 e. The van der Waals surface area contributed by atoms with Crippen molar-refractivity contribution in [2.24, 2.45) is 0 Å². The number of rotatable bonds is 2. The van der Waals surface area contributed by atoms with E-state index < -0.39 is 6.10 Å². The highest BCUT2D eigenvalue weighted by atomic mass is 16.5. The average molecular weight is 263 g/mol. The van der Waals surface area contributed by atoms with Crippen LogP contribution in [0.4, 0.5) is 5.69 Å². The van der Waals surface area contributed by atoms with Crippen LogP contribution in [0.5, 0.6) is 5.75 Å². The monoisotopic (exact) mass is 263 g/mol. The summed E-state index contributed by atoms with van der Waals surface area (Å²) >= 11 is 0. The molecule has 0 aromatic heterocycles. The number of hydrogen-bond donors (Lipinski definition) is 2. The van der Waals surface area contributed by atoms with Gasteiger partial charge in [0.25, 0.3) is 5.91 Å². The van der Waals surface area contributed by atoms with E-state index in [1.807, 2.05) is 6.07 Å². The number of anilines is 1. The SMILES string of the molecule is O=C1COc2ccc(C(O)C3CCCCO3)cc2N1. The molecule has 1 aromatic carbocycles. The molecule has 1 saturated heterocycles. The fourth-order valence-corrected chi connectivity index (χ4v) is 2.51. The van der Waals surface area contributed by atoms with Crippen molar-refractivity contribution in [3.05, 3.63) is 23.8 Å². The van der Waals surface area contributed by atoms with Crippen LogP contribution in [-0.4, -0.2) is 30.3 Å². The molecular formula is C14H17NO4. The Morgan fingerprint density at radius 3 is 3.05 bits per heavy atom. The Balaban J connectivity index is 1.80. The third-order valence-corrected chi connectivity index (χ3v) is 3.55. The van der Waals surface area contributed by atoms with Gasteiger partial charge in [0.2, 0.25) is 0 Å². The van der Waals surface area contributed by atoms with E-state index in [2.05, 4.69) is 5.32 Å². The van der Waals surface area contributed by atoms with Crippen LogP contribution in [-0.2, 0) is 9.53 Å².